The van der Waals surface area contributed by atoms with Gasteiger partial charge in [0.2, 0.25) is 0 Å². The second kappa shape index (κ2) is 8.49. The standard InChI is InChI=1S/C23H18FNO3S/c24-18-11-5-4-10-17(18)23(27)28-14-22(26)25-19-12-6-7-13-21(19)29-15-20(25)16-8-2-1-3-9-16/h1-13,20H,14-15H2. The number of fused-ring (bicyclic) bond motifs is 1. The van der Waals surface area contributed by atoms with E-state index < -0.39 is 18.4 Å². The number of anilines is 1. The van der Waals surface area contributed by atoms with Crippen molar-refractivity contribution in [3.05, 3.63) is 95.8 Å². The van der Waals surface area contributed by atoms with E-state index in [-0.39, 0.29) is 17.5 Å². The normalized spacial score (nSPS) is 15.5. The molecule has 0 fully saturated rings. The molecule has 1 aliphatic heterocycles. The summed E-state index contributed by atoms with van der Waals surface area (Å²) in [5, 5.41) is 0. The average molecular weight is 407 g/mol. The minimum atomic E-state index is -0.854. The molecule has 0 radical (unpaired) electrons. The molecule has 0 N–H and O–H groups in total. The summed E-state index contributed by atoms with van der Waals surface area (Å²) in [6.07, 6.45) is 0. The zero-order valence-electron chi connectivity index (χ0n) is 15.5. The molecule has 4 rings (SSSR count). The first kappa shape index (κ1) is 19.2. The minimum Gasteiger partial charge on any atom is -0.452 e. The van der Waals surface area contributed by atoms with Gasteiger partial charge in [0.25, 0.3) is 5.91 Å². The van der Waals surface area contributed by atoms with E-state index in [9.17, 15) is 14.0 Å². The number of ether oxygens (including phenoxy) is 1. The van der Waals surface area contributed by atoms with Crippen LogP contribution < -0.4 is 4.90 Å². The summed E-state index contributed by atoms with van der Waals surface area (Å²) in [6.45, 7) is -0.463. The van der Waals surface area contributed by atoms with Crippen LogP contribution in [0.2, 0.25) is 0 Å². The summed E-state index contributed by atoms with van der Waals surface area (Å²) in [5.74, 6) is -1.19. The van der Waals surface area contributed by atoms with Crippen molar-refractivity contribution in [3.63, 3.8) is 0 Å². The summed E-state index contributed by atoms with van der Waals surface area (Å²) >= 11 is 1.68. The lowest BCUT2D eigenvalue weighted by molar-refractivity contribution is -0.122. The van der Waals surface area contributed by atoms with E-state index in [0.717, 1.165) is 16.1 Å². The van der Waals surface area contributed by atoms with Crippen molar-refractivity contribution in [2.75, 3.05) is 17.3 Å². The number of rotatable bonds is 4. The van der Waals surface area contributed by atoms with Crippen molar-refractivity contribution in [2.45, 2.75) is 10.9 Å². The fourth-order valence-electron chi connectivity index (χ4n) is 3.32. The fraction of sp³-hybridized carbons (Fsp3) is 0.130. The van der Waals surface area contributed by atoms with Gasteiger partial charge in [-0.1, -0.05) is 54.6 Å². The van der Waals surface area contributed by atoms with E-state index >= 15 is 0 Å². The Morgan fingerprint density at radius 2 is 1.66 bits per heavy atom. The lowest BCUT2D eigenvalue weighted by Gasteiger charge is -2.37. The molecule has 0 bridgehead atoms. The molecule has 1 unspecified atom stereocenters. The summed E-state index contributed by atoms with van der Waals surface area (Å²) in [7, 11) is 0. The highest BCUT2D eigenvalue weighted by molar-refractivity contribution is 7.99. The summed E-state index contributed by atoms with van der Waals surface area (Å²) in [6, 6.07) is 22.8. The molecule has 29 heavy (non-hydrogen) atoms. The maximum Gasteiger partial charge on any atom is 0.341 e. The molecule has 0 aliphatic carbocycles. The van der Waals surface area contributed by atoms with E-state index in [0.29, 0.717) is 5.75 Å². The lowest BCUT2D eigenvalue weighted by atomic mass is 10.1. The minimum absolute atomic E-state index is 0.184. The van der Waals surface area contributed by atoms with Crippen molar-refractivity contribution in [1.82, 2.24) is 0 Å². The van der Waals surface area contributed by atoms with Crippen LogP contribution in [-0.2, 0) is 9.53 Å². The zero-order valence-corrected chi connectivity index (χ0v) is 16.3. The second-order valence-corrected chi connectivity index (χ2v) is 7.59. The topological polar surface area (TPSA) is 46.6 Å². The van der Waals surface area contributed by atoms with Gasteiger partial charge in [0.05, 0.1) is 17.3 Å². The molecular weight excluding hydrogens is 389 g/mol. The van der Waals surface area contributed by atoms with Gasteiger partial charge in [-0.05, 0) is 29.8 Å². The van der Waals surface area contributed by atoms with Crippen LogP contribution in [0.3, 0.4) is 0 Å². The SMILES string of the molecule is O=C(OCC(=O)N1c2ccccc2SCC1c1ccccc1)c1ccccc1F. The van der Waals surface area contributed by atoms with E-state index in [1.807, 2.05) is 54.6 Å². The quantitative estimate of drug-likeness (QED) is 0.580. The van der Waals surface area contributed by atoms with Gasteiger partial charge in [-0.3, -0.25) is 9.69 Å². The number of hydrogen-bond acceptors (Lipinski definition) is 4. The molecular formula is C23H18FNO3S. The summed E-state index contributed by atoms with van der Waals surface area (Å²) in [5.41, 5.74) is 1.60. The molecule has 1 heterocycles. The maximum atomic E-state index is 13.8. The van der Waals surface area contributed by atoms with Crippen LogP contribution in [0.4, 0.5) is 10.1 Å². The first-order valence-electron chi connectivity index (χ1n) is 9.15. The maximum absolute atomic E-state index is 13.8. The predicted molar refractivity (Wildman–Crippen MR) is 111 cm³/mol. The molecule has 0 saturated heterocycles. The number of halogens is 1. The molecule has 0 saturated carbocycles. The molecule has 146 valence electrons. The summed E-state index contributed by atoms with van der Waals surface area (Å²) in [4.78, 5) is 28.0. The number of amides is 1. The lowest BCUT2D eigenvalue weighted by Crippen LogP contribution is -2.41. The van der Waals surface area contributed by atoms with E-state index in [2.05, 4.69) is 0 Å². The van der Waals surface area contributed by atoms with Crippen LogP contribution in [0.15, 0.2) is 83.8 Å². The average Bonchev–Trinajstić information content (AvgIpc) is 2.77. The third-order valence-electron chi connectivity index (χ3n) is 4.71. The number of thioether (sulfide) groups is 1. The monoisotopic (exact) mass is 407 g/mol. The molecule has 1 aliphatic rings. The van der Waals surface area contributed by atoms with E-state index in [4.69, 9.17) is 4.74 Å². The van der Waals surface area contributed by atoms with Gasteiger partial charge < -0.3 is 4.74 Å². The van der Waals surface area contributed by atoms with Gasteiger partial charge in [-0.15, -0.1) is 11.8 Å². The predicted octanol–water partition coefficient (Wildman–Crippen LogP) is 4.86. The number of benzene rings is 3. The largest absolute Gasteiger partial charge is 0.452 e. The van der Waals surface area contributed by atoms with E-state index in [1.165, 1.54) is 18.2 Å². The highest BCUT2D eigenvalue weighted by Crippen LogP contribution is 2.43. The molecule has 6 heteroatoms. The molecule has 0 aromatic heterocycles. The van der Waals surface area contributed by atoms with Gasteiger partial charge in [-0.25, -0.2) is 9.18 Å². The Bertz CT molecular complexity index is 1040. The number of carbonyl (C=O) groups is 2. The Balaban J connectivity index is 1.58. The van der Waals surface area contributed by atoms with Crippen LogP contribution in [0.25, 0.3) is 0 Å². The molecule has 4 nitrogen and oxygen atoms in total. The first-order valence-corrected chi connectivity index (χ1v) is 10.1. The number of esters is 1. The van der Waals surface area contributed by atoms with Gasteiger partial charge in [0.1, 0.15) is 5.82 Å². The third-order valence-corrected chi connectivity index (χ3v) is 5.85. The Morgan fingerprint density at radius 1 is 0.966 bits per heavy atom. The van der Waals surface area contributed by atoms with Crippen LogP contribution in [-0.4, -0.2) is 24.2 Å². The van der Waals surface area contributed by atoms with Crippen LogP contribution in [0.5, 0.6) is 0 Å². The fourth-order valence-corrected chi connectivity index (χ4v) is 4.49. The van der Waals surface area contributed by atoms with Gasteiger partial charge in [0, 0.05) is 10.6 Å². The number of para-hydroxylation sites is 1. The highest BCUT2D eigenvalue weighted by atomic mass is 32.2. The zero-order chi connectivity index (χ0) is 20.2. The van der Waals surface area contributed by atoms with Crippen molar-refractivity contribution in [3.8, 4) is 0 Å². The molecule has 1 atom stereocenters. The number of carbonyl (C=O) groups excluding carboxylic acids is 2. The van der Waals surface area contributed by atoms with Crippen molar-refractivity contribution < 1.29 is 18.7 Å². The first-order chi connectivity index (χ1) is 14.1. The van der Waals surface area contributed by atoms with Crippen molar-refractivity contribution in [2.24, 2.45) is 0 Å². The van der Waals surface area contributed by atoms with Gasteiger partial charge in [0.15, 0.2) is 6.61 Å². The van der Waals surface area contributed by atoms with Crippen molar-refractivity contribution in [1.29, 1.82) is 0 Å². The van der Waals surface area contributed by atoms with Crippen LogP contribution >= 0.6 is 11.8 Å². The van der Waals surface area contributed by atoms with E-state index in [1.54, 1.807) is 22.7 Å². The molecule has 3 aromatic rings. The van der Waals surface area contributed by atoms with Crippen molar-refractivity contribution >= 4 is 29.3 Å². The molecule has 1 amide bonds. The van der Waals surface area contributed by atoms with Gasteiger partial charge >= 0.3 is 5.97 Å². The van der Waals surface area contributed by atoms with Crippen LogP contribution in [0, 0.1) is 5.82 Å². The van der Waals surface area contributed by atoms with Gasteiger partial charge in [-0.2, -0.15) is 0 Å². The second-order valence-electron chi connectivity index (χ2n) is 6.52. The summed E-state index contributed by atoms with van der Waals surface area (Å²) < 4.78 is 18.9. The number of hydrogen-bond donors (Lipinski definition) is 0. The molecule has 0 spiro atoms. The number of nitrogens with zero attached hydrogens (tertiary/aromatic N) is 1. The Hall–Kier alpha value is -3.12. The van der Waals surface area contributed by atoms with Crippen LogP contribution in [0.1, 0.15) is 22.0 Å². The highest BCUT2D eigenvalue weighted by Gasteiger charge is 2.33. The third kappa shape index (κ3) is 4.03. The Kier molecular flexibility index (Phi) is 5.62. The smallest absolute Gasteiger partial charge is 0.341 e. The molecule has 3 aromatic carbocycles. The Morgan fingerprint density at radius 3 is 2.45 bits per heavy atom. The Labute approximate surface area is 172 Å².